The number of fused-ring (bicyclic) bond motifs is 1. The van der Waals surface area contributed by atoms with Gasteiger partial charge in [0.25, 0.3) is 5.91 Å². The van der Waals surface area contributed by atoms with E-state index in [9.17, 15) is 9.90 Å². The molecule has 0 fully saturated rings. The number of benzene rings is 3. The summed E-state index contributed by atoms with van der Waals surface area (Å²) < 4.78 is 5.82. The van der Waals surface area contributed by atoms with Crippen LogP contribution in [0.4, 0.5) is 0 Å². The Bertz CT molecular complexity index is 1040. The van der Waals surface area contributed by atoms with Crippen molar-refractivity contribution < 1.29 is 14.6 Å². The average molecular weight is 394 g/mol. The number of ether oxygens (including phenoxy) is 1. The maximum absolute atomic E-state index is 12.6. The van der Waals surface area contributed by atoms with E-state index in [0.717, 1.165) is 22.8 Å². The molecule has 0 spiro atoms. The van der Waals surface area contributed by atoms with Crippen LogP contribution < -0.4 is 4.74 Å². The quantitative estimate of drug-likeness (QED) is 0.686. The Kier molecular flexibility index (Phi) is 5.22. The molecule has 4 rings (SSSR count). The Morgan fingerprint density at radius 2 is 1.79 bits per heavy atom. The summed E-state index contributed by atoms with van der Waals surface area (Å²) in [4.78, 5) is 14.4. The Hall–Kier alpha value is -2.98. The summed E-state index contributed by atoms with van der Waals surface area (Å²) in [5.74, 6) is 0.870. The van der Waals surface area contributed by atoms with E-state index in [1.165, 1.54) is 5.57 Å². The zero-order chi connectivity index (χ0) is 19.5. The fourth-order valence-corrected chi connectivity index (χ4v) is 3.65. The largest absolute Gasteiger partial charge is 0.508 e. The van der Waals surface area contributed by atoms with Gasteiger partial charge < -0.3 is 14.7 Å². The molecule has 0 saturated carbocycles. The van der Waals surface area contributed by atoms with Crippen LogP contribution in [0.3, 0.4) is 0 Å². The van der Waals surface area contributed by atoms with Crippen LogP contribution in [-0.4, -0.2) is 35.6 Å². The summed E-state index contributed by atoms with van der Waals surface area (Å²) in [6.45, 7) is 1.20. The summed E-state index contributed by atoms with van der Waals surface area (Å²) in [5, 5.41) is 11.9. The lowest BCUT2D eigenvalue weighted by Gasteiger charge is -2.26. The molecule has 0 saturated heterocycles. The van der Waals surface area contributed by atoms with Gasteiger partial charge in [-0.05, 0) is 41.8 Å². The van der Waals surface area contributed by atoms with Gasteiger partial charge >= 0.3 is 0 Å². The van der Waals surface area contributed by atoms with Crippen molar-refractivity contribution in [2.45, 2.75) is 6.42 Å². The van der Waals surface area contributed by atoms with E-state index in [4.69, 9.17) is 16.3 Å². The highest BCUT2D eigenvalue weighted by Crippen LogP contribution is 2.31. The average Bonchev–Trinajstić information content (AvgIpc) is 2.74. The topological polar surface area (TPSA) is 49.8 Å². The monoisotopic (exact) mass is 393 g/mol. The molecule has 0 aliphatic carbocycles. The van der Waals surface area contributed by atoms with Crippen LogP contribution in [0.1, 0.15) is 12.0 Å². The van der Waals surface area contributed by atoms with Crippen molar-refractivity contribution >= 4 is 33.9 Å². The second kappa shape index (κ2) is 7.95. The Morgan fingerprint density at radius 1 is 1.04 bits per heavy atom. The molecule has 0 unspecified atom stereocenters. The van der Waals surface area contributed by atoms with Gasteiger partial charge in [-0.15, -0.1) is 0 Å². The molecule has 0 atom stereocenters. The molecule has 1 aliphatic heterocycles. The Morgan fingerprint density at radius 3 is 2.50 bits per heavy atom. The lowest BCUT2D eigenvalue weighted by atomic mass is 9.99. The van der Waals surface area contributed by atoms with Crippen LogP contribution >= 0.6 is 11.6 Å². The summed E-state index contributed by atoms with van der Waals surface area (Å²) in [6.07, 6.45) is 2.84. The number of phenolic OH excluding ortho intramolecular Hbond substituents is 1. The van der Waals surface area contributed by atoms with Gasteiger partial charge in [0.2, 0.25) is 0 Å². The Balaban J connectivity index is 1.40. The second-order valence-corrected chi connectivity index (χ2v) is 7.15. The van der Waals surface area contributed by atoms with Crippen molar-refractivity contribution in [1.29, 1.82) is 0 Å². The third-order valence-electron chi connectivity index (χ3n) is 4.98. The van der Waals surface area contributed by atoms with Crippen LogP contribution in [0.25, 0.3) is 16.3 Å². The summed E-state index contributed by atoms with van der Waals surface area (Å²) >= 11 is 6.24. The fraction of sp³-hybridized carbons (Fsp3) is 0.174. The molecule has 1 N–H and O–H groups in total. The SMILES string of the molecule is O=C(COc1ccc(Cl)c2ccccc12)N1CC=C(c2ccc(O)cc2)CC1. The van der Waals surface area contributed by atoms with Gasteiger partial charge in [-0.3, -0.25) is 4.79 Å². The van der Waals surface area contributed by atoms with E-state index in [2.05, 4.69) is 6.08 Å². The molecule has 3 aromatic rings. The normalized spacial score (nSPS) is 14.0. The first-order valence-corrected chi connectivity index (χ1v) is 9.56. The van der Waals surface area contributed by atoms with Gasteiger partial charge in [0.15, 0.2) is 6.61 Å². The minimum absolute atomic E-state index is 0.00594. The molecule has 0 bridgehead atoms. The first-order chi connectivity index (χ1) is 13.6. The number of rotatable bonds is 4. The number of nitrogens with zero attached hydrogens (tertiary/aromatic N) is 1. The first kappa shape index (κ1) is 18.4. The van der Waals surface area contributed by atoms with E-state index < -0.39 is 0 Å². The molecule has 142 valence electrons. The standard InChI is InChI=1S/C23H20ClNO3/c24-21-9-10-22(20-4-2-1-3-19(20)21)28-15-23(27)25-13-11-17(12-14-25)16-5-7-18(26)8-6-16/h1-11,26H,12-15H2. The highest BCUT2D eigenvalue weighted by Gasteiger charge is 2.19. The molecule has 1 heterocycles. The molecule has 5 heteroatoms. The van der Waals surface area contributed by atoms with Crippen molar-refractivity contribution in [3.63, 3.8) is 0 Å². The maximum Gasteiger partial charge on any atom is 0.260 e. The molecule has 0 radical (unpaired) electrons. The number of hydrogen-bond donors (Lipinski definition) is 1. The van der Waals surface area contributed by atoms with Gasteiger partial charge in [0.05, 0.1) is 0 Å². The van der Waals surface area contributed by atoms with Crippen LogP contribution in [0.15, 0.2) is 66.7 Å². The molecular weight excluding hydrogens is 374 g/mol. The third kappa shape index (κ3) is 3.82. The van der Waals surface area contributed by atoms with Crippen LogP contribution in [-0.2, 0) is 4.79 Å². The van der Waals surface area contributed by atoms with Crippen LogP contribution in [0.2, 0.25) is 5.02 Å². The number of aromatic hydroxyl groups is 1. The number of halogens is 1. The lowest BCUT2D eigenvalue weighted by molar-refractivity contribution is -0.132. The van der Waals surface area contributed by atoms with E-state index in [-0.39, 0.29) is 18.3 Å². The zero-order valence-electron chi connectivity index (χ0n) is 15.3. The van der Waals surface area contributed by atoms with Gasteiger partial charge in [-0.25, -0.2) is 0 Å². The van der Waals surface area contributed by atoms with Crippen molar-refractivity contribution in [2.24, 2.45) is 0 Å². The van der Waals surface area contributed by atoms with E-state index in [1.54, 1.807) is 29.2 Å². The van der Waals surface area contributed by atoms with Crippen molar-refractivity contribution in [1.82, 2.24) is 4.90 Å². The lowest BCUT2D eigenvalue weighted by Crippen LogP contribution is -2.37. The number of phenols is 1. The van der Waals surface area contributed by atoms with Gasteiger partial charge in [-0.1, -0.05) is 54.1 Å². The second-order valence-electron chi connectivity index (χ2n) is 6.75. The number of carbonyl (C=O) groups excluding carboxylic acids is 1. The van der Waals surface area contributed by atoms with Crippen LogP contribution in [0.5, 0.6) is 11.5 Å². The smallest absolute Gasteiger partial charge is 0.260 e. The molecule has 0 aromatic heterocycles. The predicted molar refractivity (Wildman–Crippen MR) is 112 cm³/mol. The third-order valence-corrected chi connectivity index (χ3v) is 5.31. The summed E-state index contributed by atoms with van der Waals surface area (Å²) in [5.41, 5.74) is 2.27. The molecule has 28 heavy (non-hydrogen) atoms. The molecule has 1 aliphatic rings. The summed E-state index contributed by atoms with van der Waals surface area (Å²) in [6, 6.07) is 18.5. The molecule has 4 nitrogen and oxygen atoms in total. The van der Waals surface area contributed by atoms with Crippen LogP contribution in [0, 0.1) is 0 Å². The van der Waals surface area contributed by atoms with Gasteiger partial charge in [0.1, 0.15) is 11.5 Å². The minimum Gasteiger partial charge on any atom is -0.508 e. The Labute approximate surface area is 168 Å². The van der Waals surface area contributed by atoms with Gasteiger partial charge in [0, 0.05) is 28.9 Å². The first-order valence-electron chi connectivity index (χ1n) is 9.18. The number of carbonyl (C=O) groups is 1. The van der Waals surface area contributed by atoms with Crippen molar-refractivity contribution in [3.05, 3.63) is 77.3 Å². The minimum atomic E-state index is -0.0416. The van der Waals surface area contributed by atoms with E-state index in [1.807, 2.05) is 36.4 Å². The molecule has 3 aromatic carbocycles. The number of amides is 1. The van der Waals surface area contributed by atoms with Gasteiger partial charge in [-0.2, -0.15) is 0 Å². The van der Waals surface area contributed by atoms with E-state index >= 15 is 0 Å². The zero-order valence-corrected chi connectivity index (χ0v) is 16.0. The van der Waals surface area contributed by atoms with Crippen molar-refractivity contribution in [3.8, 4) is 11.5 Å². The molecular formula is C23H20ClNO3. The molecule has 1 amide bonds. The highest BCUT2D eigenvalue weighted by atomic mass is 35.5. The predicted octanol–water partition coefficient (Wildman–Crippen LogP) is 4.89. The maximum atomic E-state index is 12.6. The number of hydrogen-bond acceptors (Lipinski definition) is 3. The summed E-state index contributed by atoms with van der Waals surface area (Å²) in [7, 11) is 0. The van der Waals surface area contributed by atoms with Crippen molar-refractivity contribution in [2.75, 3.05) is 19.7 Å². The highest BCUT2D eigenvalue weighted by molar-refractivity contribution is 6.35. The van der Waals surface area contributed by atoms with E-state index in [0.29, 0.717) is 23.9 Å². The fourth-order valence-electron chi connectivity index (χ4n) is 3.42.